The monoisotopic (exact) mass is 450 g/mol. The molecule has 0 atom stereocenters. The molecule has 0 unspecified atom stereocenters. The van der Waals surface area contributed by atoms with Crippen molar-refractivity contribution >= 4 is 29.9 Å². The molecule has 2 N–H and O–H groups in total. The van der Waals surface area contributed by atoms with Gasteiger partial charge in [-0.2, -0.15) is 0 Å². The van der Waals surface area contributed by atoms with Crippen molar-refractivity contribution in [2.24, 2.45) is 4.99 Å². The molecule has 0 saturated heterocycles. The molecule has 0 saturated carbocycles. The van der Waals surface area contributed by atoms with Gasteiger partial charge >= 0.3 is 0 Å². The first kappa shape index (κ1) is 22.8. The molecule has 0 radical (unpaired) electrons. The maximum atomic E-state index is 5.86. The Morgan fingerprint density at radius 1 is 1.21 bits per heavy atom. The first-order valence-corrected chi connectivity index (χ1v) is 8.08. The van der Waals surface area contributed by atoms with E-state index < -0.39 is 0 Å². The van der Waals surface area contributed by atoms with Crippen LogP contribution in [0.2, 0.25) is 0 Å². The fourth-order valence-electron chi connectivity index (χ4n) is 2.23. The second-order valence-electron chi connectivity index (χ2n) is 5.04. The summed E-state index contributed by atoms with van der Waals surface area (Å²) in [5.41, 5.74) is 1.11. The van der Waals surface area contributed by atoms with Crippen molar-refractivity contribution in [3.05, 3.63) is 23.8 Å². The standard InChI is InChI=1S/C17H30N4O2.HI/c1-6-21(7-2)10-11-23-15-9-8-14(12-16(15)22-5)13-20-17(18-3)19-4;/h8-9,12H,6-7,10-11,13H2,1-5H3,(H2,18,19,20);1H. The predicted octanol–water partition coefficient (Wildman–Crippen LogP) is 2.33. The van der Waals surface area contributed by atoms with Gasteiger partial charge < -0.3 is 25.0 Å². The molecule has 1 aromatic rings. The summed E-state index contributed by atoms with van der Waals surface area (Å²) in [5, 5.41) is 6.21. The van der Waals surface area contributed by atoms with Gasteiger partial charge in [-0.15, -0.1) is 24.0 Å². The van der Waals surface area contributed by atoms with Crippen molar-refractivity contribution in [3.63, 3.8) is 0 Å². The van der Waals surface area contributed by atoms with Crippen molar-refractivity contribution < 1.29 is 9.47 Å². The number of methoxy groups -OCH3 is 1. The highest BCUT2D eigenvalue weighted by Crippen LogP contribution is 2.28. The molecule has 0 fully saturated rings. The second-order valence-corrected chi connectivity index (χ2v) is 5.04. The molecular weight excluding hydrogens is 419 g/mol. The van der Waals surface area contributed by atoms with E-state index in [9.17, 15) is 0 Å². The molecule has 0 aliphatic heterocycles. The van der Waals surface area contributed by atoms with Gasteiger partial charge in [0.2, 0.25) is 0 Å². The number of guanidine groups is 1. The van der Waals surface area contributed by atoms with E-state index in [4.69, 9.17) is 9.47 Å². The third-order valence-electron chi connectivity index (χ3n) is 3.71. The largest absolute Gasteiger partial charge is 0.493 e. The maximum Gasteiger partial charge on any atom is 0.190 e. The zero-order valence-electron chi connectivity index (χ0n) is 15.4. The Morgan fingerprint density at radius 3 is 2.46 bits per heavy atom. The molecule has 1 rings (SSSR count). The van der Waals surface area contributed by atoms with Crippen LogP contribution in [0.3, 0.4) is 0 Å². The van der Waals surface area contributed by atoms with Crippen molar-refractivity contribution in [1.29, 1.82) is 0 Å². The van der Waals surface area contributed by atoms with E-state index >= 15 is 0 Å². The van der Waals surface area contributed by atoms with Crippen molar-refractivity contribution in [2.75, 3.05) is 47.4 Å². The van der Waals surface area contributed by atoms with Crippen LogP contribution in [-0.2, 0) is 6.54 Å². The van der Waals surface area contributed by atoms with E-state index in [-0.39, 0.29) is 24.0 Å². The molecule has 1 aromatic carbocycles. The molecule has 0 aromatic heterocycles. The van der Waals surface area contributed by atoms with Crippen LogP contribution in [0, 0.1) is 0 Å². The number of aliphatic imine (C=N–C) groups is 1. The number of nitrogens with zero attached hydrogens (tertiary/aromatic N) is 2. The molecule has 0 amide bonds. The van der Waals surface area contributed by atoms with Crippen LogP contribution in [0.5, 0.6) is 11.5 Å². The molecule has 0 spiro atoms. The summed E-state index contributed by atoms with van der Waals surface area (Å²) in [7, 11) is 5.24. The van der Waals surface area contributed by atoms with Gasteiger partial charge in [-0.3, -0.25) is 4.99 Å². The second kappa shape index (κ2) is 13.1. The number of hydrogen-bond donors (Lipinski definition) is 2. The minimum Gasteiger partial charge on any atom is -0.493 e. The molecule has 7 heteroatoms. The van der Waals surface area contributed by atoms with Crippen LogP contribution in [0.4, 0.5) is 0 Å². The molecule has 0 aliphatic rings. The topological polar surface area (TPSA) is 58.1 Å². The molecule has 24 heavy (non-hydrogen) atoms. The van der Waals surface area contributed by atoms with Crippen molar-refractivity contribution in [3.8, 4) is 11.5 Å². The Morgan fingerprint density at radius 2 is 1.92 bits per heavy atom. The molecule has 0 aliphatic carbocycles. The van der Waals surface area contributed by atoms with Gasteiger partial charge in [0, 0.05) is 27.2 Å². The van der Waals surface area contributed by atoms with E-state index in [1.807, 2.05) is 25.2 Å². The third-order valence-corrected chi connectivity index (χ3v) is 3.71. The zero-order valence-corrected chi connectivity index (χ0v) is 17.7. The molecule has 6 nitrogen and oxygen atoms in total. The Balaban J connectivity index is 0.00000529. The summed E-state index contributed by atoms with van der Waals surface area (Å²) in [4.78, 5) is 6.42. The van der Waals surface area contributed by atoms with E-state index in [1.54, 1.807) is 14.2 Å². The highest BCUT2D eigenvalue weighted by Gasteiger charge is 2.07. The fraction of sp³-hybridized carbons (Fsp3) is 0.588. The summed E-state index contributed by atoms with van der Waals surface area (Å²) in [6.45, 7) is 8.63. The van der Waals surface area contributed by atoms with E-state index in [0.717, 1.165) is 42.7 Å². The first-order chi connectivity index (χ1) is 11.2. The van der Waals surface area contributed by atoms with E-state index in [2.05, 4.69) is 34.4 Å². The molecule has 138 valence electrons. The third kappa shape index (κ3) is 7.57. The van der Waals surface area contributed by atoms with Gasteiger partial charge in [0.05, 0.1) is 7.11 Å². The summed E-state index contributed by atoms with van der Waals surface area (Å²) < 4.78 is 11.3. The average molecular weight is 450 g/mol. The zero-order chi connectivity index (χ0) is 17.1. The van der Waals surface area contributed by atoms with Crippen LogP contribution in [0.1, 0.15) is 19.4 Å². The lowest BCUT2D eigenvalue weighted by Crippen LogP contribution is -2.34. The SMILES string of the molecule is CCN(CC)CCOc1ccc(CNC(=NC)NC)cc1OC.I. The van der Waals surface area contributed by atoms with Gasteiger partial charge in [0.25, 0.3) is 0 Å². The summed E-state index contributed by atoms with van der Waals surface area (Å²) in [5.74, 6) is 2.29. The van der Waals surface area contributed by atoms with E-state index in [0.29, 0.717) is 13.2 Å². The number of nitrogens with one attached hydrogen (secondary N) is 2. The first-order valence-electron chi connectivity index (χ1n) is 8.08. The lowest BCUT2D eigenvalue weighted by atomic mass is 10.2. The number of ether oxygens (including phenoxy) is 2. The Labute approximate surface area is 163 Å². The Hall–Kier alpha value is -1.22. The van der Waals surface area contributed by atoms with Crippen LogP contribution in [0.15, 0.2) is 23.2 Å². The average Bonchev–Trinajstić information content (AvgIpc) is 2.60. The van der Waals surface area contributed by atoms with Crippen LogP contribution in [-0.4, -0.2) is 58.3 Å². The number of hydrogen-bond acceptors (Lipinski definition) is 4. The van der Waals surface area contributed by atoms with Crippen LogP contribution < -0.4 is 20.1 Å². The normalized spacial score (nSPS) is 11.0. The summed E-state index contributed by atoms with van der Waals surface area (Å²) in [6.07, 6.45) is 0. The summed E-state index contributed by atoms with van der Waals surface area (Å²) in [6, 6.07) is 5.98. The number of halogens is 1. The smallest absolute Gasteiger partial charge is 0.190 e. The highest BCUT2D eigenvalue weighted by atomic mass is 127. The van der Waals surface area contributed by atoms with Crippen molar-refractivity contribution in [2.45, 2.75) is 20.4 Å². The molecule has 0 bridgehead atoms. The fourth-order valence-corrected chi connectivity index (χ4v) is 2.23. The predicted molar refractivity (Wildman–Crippen MR) is 111 cm³/mol. The number of rotatable bonds is 9. The molecule has 0 heterocycles. The Kier molecular flexibility index (Phi) is 12.4. The number of benzene rings is 1. The highest BCUT2D eigenvalue weighted by molar-refractivity contribution is 14.0. The lowest BCUT2D eigenvalue weighted by Gasteiger charge is -2.19. The van der Waals surface area contributed by atoms with Gasteiger partial charge in [-0.25, -0.2) is 0 Å². The summed E-state index contributed by atoms with van der Waals surface area (Å²) >= 11 is 0. The Bertz CT molecular complexity index is 493. The van der Waals surface area contributed by atoms with Crippen LogP contribution >= 0.6 is 24.0 Å². The van der Waals surface area contributed by atoms with Gasteiger partial charge in [0.15, 0.2) is 17.5 Å². The minimum absolute atomic E-state index is 0. The van der Waals surface area contributed by atoms with Crippen LogP contribution in [0.25, 0.3) is 0 Å². The lowest BCUT2D eigenvalue weighted by molar-refractivity contribution is 0.217. The van der Waals surface area contributed by atoms with Crippen molar-refractivity contribution in [1.82, 2.24) is 15.5 Å². The van der Waals surface area contributed by atoms with E-state index in [1.165, 1.54) is 0 Å². The molecular formula is C17H31IN4O2. The minimum atomic E-state index is 0. The quantitative estimate of drug-likeness (QED) is 0.344. The van der Waals surface area contributed by atoms with Gasteiger partial charge in [-0.05, 0) is 30.8 Å². The van der Waals surface area contributed by atoms with Gasteiger partial charge in [0.1, 0.15) is 6.61 Å². The maximum absolute atomic E-state index is 5.86. The number of likely N-dealkylation sites (N-methyl/N-ethyl adjacent to an activating group) is 1. The van der Waals surface area contributed by atoms with Gasteiger partial charge in [-0.1, -0.05) is 19.9 Å².